The molecule has 1 heterocycles. The van der Waals surface area contributed by atoms with Crippen LogP contribution in [0.15, 0.2) is 48.8 Å². The van der Waals surface area contributed by atoms with Gasteiger partial charge in [0.2, 0.25) is 0 Å². The molecule has 3 aromatic rings. The Kier molecular flexibility index (Phi) is 4.75. The standard InChI is InChI=1S/C21H22BNO2/c1-13-5-7-17(9-15(13)3)18-10-19(12-23-11-18)21-16(4)14(2)6-8-20(21)22(24)25/h5-12,24-25H,1-4H3. The Bertz CT molecular complexity index is 935. The van der Waals surface area contributed by atoms with E-state index < -0.39 is 7.12 Å². The molecule has 0 amide bonds. The van der Waals surface area contributed by atoms with Crippen molar-refractivity contribution in [2.45, 2.75) is 27.7 Å². The molecule has 0 aliphatic heterocycles. The molecule has 2 N–H and O–H groups in total. The molecule has 2 aromatic carbocycles. The van der Waals surface area contributed by atoms with Crippen LogP contribution in [-0.2, 0) is 0 Å². The van der Waals surface area contributed by atoms with Crippen molar-refractivity contribution in [3.63, 3.8) is 0 Å². The summed E-state index contributed by atoms with van der Waals surface area (Å²) in [6.07, 6.45) is 3.62. The highest BCUT2D eigenvalue weighted by molar-refractivity contribution is 6.60. The van der Waals surface area contributed by atoms with Gasteiger partial charge >= 0.3 is 7.12 Å². The first-order valence-corrected chi connectivity index (χ1v) is 8.37. The average Bonchev–Trinajstić information content (AvgIpc) is 2.59. The van der Waals surface area contributed by atoms with Gasteiger partial charge in [-0.25, -0.2) is 0 Å². The highest BCUT2D eigenvalue weighted by Gasteiger charge is 2.20. The quantitative estimate of drug-likeness (QED) is 0.724. The van der Waals surface area contributed by atoms with Crippen LogP contribution in [0, 0.1) is 27.7 Å². The molecule has 0 fully saturated rings. The zero-order valence-corrected chi connectivity index (χ0v) is 15.0. The second-order valence-electron chi connectivity index (χ2n) is 6.61. The first-order chi connectivity index (χ1) is 11.9. The molecule has 0 atom stereocenters. The molecule has 3 nitrogen and oxygen atoms in total. The van der Waals surface area contributed by atoms with Crippen LogP contribution in [0.5, 0.6) is 0 Å². The Hall–Kier alpha value is -2.43. The van der Waals surface area contributed by atoms with Crippen molar-refractivity contribution >= 4 is 12.6 Å². The van der Waals surface area contributed by atoms with E-state index in [0.717, 1.165) is 33.4 Å². The summed E-state index contributed by atoms with van der Waals surface area (Å²) >= 11 is 0. The van der Waals surface area contributed by atoms with E-state index in [9.17, 15) is 10.0 Å². The van der Waals surface area contributed by atoms with Crippen LogP contribution in [0.2, 0.25) is 0 Å². The fourth-order valence-corrected chi connectivity index (χ4v) is 3.09. The normalized spacial score (nSPS) is 10.8. The van der Waals surface area contributed by atoms with E-state index in [-0.39, 0.29) is 0 Å². The van der Waals surface area contributed by atoms with Gasteiger partial charge < -0.3 is 10.0 Å². The third-order valence-electron chi connectivity index (χ3n) is 4.91. The Morgan fingerprint density at radius 1 is 0.720 bits per heavy atom. The van der Waals surface area contributed by atoms with E-state index in [2.05, 4.69) is 43.1 Å². The number of nitrogens with zero attached hydrogens (tertiary/aromatic N) is 1. The van der Waals surface area contributed by atoms with Crippen molar-refractivity contribution in [1.29, 1.82) is 0 Å². The van der Waals surface area contributed by atoms with E-state index in [1.54, 1.807) is 12.3 Å². The molecule has 0 spiro atoms. The van der Waals surface area contributed by atoms with Crippen molar-refractivity contribution in [2.24, 2.45) is 0 Å². The number of aromatic nitrogens is 1. The zero-order valence-electron chi connectivity index (χ0n) is 15.0. The SMILES string of the molecule is Cc1ccc(-c2cncc(-c3c(B(O)O)ccc(C)c3C)c2)cc1C. The maximum absolute atomic E-state index is 9.77. The van der Waals surface area contributed by atoms with Crippen molar-refractivity contribution in [1.82, 2.24) is 4.98 Å². The predicted octanol–water partition coefficient (Wildman–Crippen LogP) is 3.33. The molecule has 0 radical (unpaired) electrons. The van der Waals surface area contributed by atoms with Gasteiger partial charge in [0.25, 0.3) is 0 Å². The number of hydrogen-bond acceptors (Lipinski definition) is 3. The van der Waals surface area contributed by atoms with Gasteiger partial charge in [-0.3, -0.25) is 4.98 Å². The Morgan fingerprint density at radius 2 is 1.40 bits per heavy atom. The summed E-state index contributed by atoms with van der Waals surface area (Å²) in [6, 6.07) is 12.1. The number of pyridine rings is 1. The lowest BCUT2D eigenvalue weighted by Gasteiger charge is -2.15. The number of hydrogen-bond donors (Lipinski definition) is 2. The van der Waals surface area contributed by atoms with Crippen LogP contribution in [0.25, 0.3) is 22.3 Å². The van der Waals surface area contributed by atoms with Gasteiger partial charge in [-0.15, -0.1) is 0 Å². The minimum Gasteiger partial charge on any atom is -0.423 e. The molecule has 4 heteroatoms. The summed E-state index contributed by atoms with van der Waals surface area (Å²) in [5.41, 5.74) is 8.99. The molecule has 0 saturated heterocycles. The molecule has 0 bridgehead atoms. The van der Waals surface area contributed by atoms with Crippen molar-refractivity contribution < 1.29 is 10.0 Å². The van der Waals surface area contributed by atoms with E-state index in [0.29, 0.717) is 5.46 Å². The molecular weight excluding hydrogens is 309 g/mol. The van der Waals surface area contributed by atoms with Crippen LogP contribution in [0.1, 0.15) is 22.3 Å². The summed E-state index contributed by atoms with van der Waals surface area (Å²) in [5, 5.41) is 19.5. The average molecular weight is 331 g/mol. The van der Waals surface area contributed by atoms with E-state index >= 15 is 0 Å². The largest absolute Gasteiger partial charge is 0.489 e. The number of aryl methyl sites for hydroxylation is 3. The summed E-state index contributed by atoms with van der Waals surface area (Å²) < 4.78 is 0. The Labute approximate surface area is 149 Å². The van der Waals surface area contributed by atoms with E-state index in [1.165, 1.54) is 11.1 Å². The first-order valence-electron chi connectivity index (χ1n) is 8.37. The fraction of sp³-hybridized carbons (Fsp3) is 0.190. The molecule has 0 saturated carbocycles. The second kappa shape index (κ2) is 6.83. The van der Waals surface area contributed by atoms with Crippen molar-refractivity contribution in [3.05, 3.63) is 71.0 Å². The minimum atomic E-state index is -1.51. The lowest BCUT2D eigenvalue weighted by atomic mass is 9.73. The van der Waals surface area contributed by atoms with Gasteiger partial charge in [-0.2, -0.15) is 0 Å². The number of rotatable bonds is 3. The lowest BCUT2D eigenvalue weighted by molar-refractivity contribution is 0.426. The Morgan fingerprint density at radius 3 is 2.08 bits per heavy atom. The lowest BCUT2D eigenvalue weighted by Crippen LogP contribution is -2.32. The van der Waals surface area contributed by atoms with Gasteiger partial charge in [0.1, 0.15) is 0 Å². The van der Waals surface area contributed by atoms with E-state index in [1.807, 2.05) is 26.1 Å². The summed E-state index contributed by atoms with van der Waals surface area (Å²) in [7, 11) is -1.51. The minimum absolute atomic E-state index is 0.502. The van der Waals surface area contributed by atoms with Crippen LogP contribution in [-0.4, -0.2) is 22.2 Å². The molecule has 126 valence electrons. The fourth-order valence-electron chi connectivity index (χ4n) is 3.09. The summed E-state index contributed by atoms with van der Waals surface area (Å²) in [6.45, 7) is 8.21. The van der Waals surface area contributed by atoms with Crippen molar-refractivity contribution in [3.8, 4) is 22.3 Å². The van der Waals surface area contributed by atoms with Gasteiger partial charge in [0, 0.05) is 23.5 Å². The highest BCUT2D eigenvalue weighted by atomic mass is 16.4. The monoisotopic (exact) mass is 331 g/mol. The van der Waals surface area contributed by atoms with Crippen LogP contribution >= 0.6 is 0 Å². The molecule has 0 aliphatic carbocycles. The summed E-state index contributed by atoms with van der Waals surface area (Å²) in [4.78, 5) is 4.40. The first kappa shape index (κ1) is 17.4. The Balaban J connectivity index is 2.17. The van der Waals surface area contributed by atoms with Crippen molar-refractivity contribution in [2.75, 3.05) is 0 Å². The van der Waals surface area contributed by atoms with Crippen LogP contribution in [0.4, 0.5) is 0 Å². The molecule has 3 rings (SSSR count). The molecule has 1 aromatic heterocycles. The predicted molar refractivity (Wildman–Crippen MR) is 104 cm³/mol. The number of benzene rings is 2. The van der Waals surface area contributed by atoms with Crippen LogP contribution in [0.3, 0.4) is 0 Å². The topological polar surface area (TPSA) is 53.4 Å². The van der Waals surface area contributed by atoms with Gasteiger partial charge in [-0.1, -0.05) is 30.3 Å². The molecule has 0 unspecified atom stereocenters. The summed E-state index contributed by atoms with van der Waals surface area (Å²) in [5.74, 6) is 0. The third-order valence-corrected chi connectivity index (χ3v) is 4.91. The van der Waals surface area contributed by atoms with Crippen LogP contribution < -0.4 is 5.46 Å². The molecule has 25 heavy (non-hydrogen) atoms. The second-order valence-corrected chi connectivity index (χ2v) is 6.61. The molecule has 0 aliphatic rings. The smallest absolute Gasteiger partial charge is 0.423 e. The highest BCUT2D eigenvalue weighted by Crippen LogP contribution is 2.28. The molecular formula is C21H22BNO2. The van der Waals surface area contributed by atoms with E-state index in [4.69, 9.17) is 0 Å². The van der Waals surface area contributed by atoms with Gasteiger partial charge in [-0.05, 0) is 72.6 Å². The van der Waals surface area contributed by atoms with Gasteiger partial charge in [0.05, 0.1) is 0 Å². The maximum Gasteiger partial charge on any atom is 0.489 e. The van der Waals surface area contributed by atoms with Gasteiger partial charge in [0.15, 0.2) is 0 Å². The zero-order chi connectivity index (χ0) is 18.1. The maximum atomic E-state index is 9.77. The third kappa shape index (κ3) is 3.36.